The van der Waals surface area contributed by atoms with Crippen molar-refractivity contribution in [2.75, 3.05) is 31.4 Å². The number of benzene rings is 1. The second-order valence-electron chi connectivity index (χ2n) is 6.55. The number of anilines is 1. The molecule has 0 aliphatic carbocycles. The first kappa shape index (κ1) is 19.0. The number of hydrogen-bond donors (Lipinski definition) is 1. The van der Waals surface area contributed by atoms with E-state index < -0.39 is 0 Å². The highest BCUT2D eigenvalue weighted by molar-refractivity contribution is 7.98. The van der Waals surface area contributed by atoms with Gasteiger partial charge in [0.25, 0.3) is 5.91 Å². The van der Waals surface area contributed by atoms with Gasteiger partial charge < -0.3 is 15.0 Å². The maximum atomic E-state index is 12.8. The molecule has 0 atom stereocenters. The van der Waals surface area contributed by atoms with E-state index in [4.69, 9.17) is 9.72 Å². The first-order valence-electron chi connectivity index (χ1n) is 9.20. The molecule has 0 spiro atoms. The van der Waals surface area contributed by atoms with Crippen LogP contribution >= 0.6 is 23.1 Å². The van der Waals surface area contributed by atoms with Crippen LogP contribution in [0.1, 0.15) is 28.1 Å². The van der Waals surface area contributed by atoms with Crippen LogP contribution in [0.15, 0.2) is 35.5 Å². The van der Waals surface area contributed by atoms with Gasteiger partial charge in [-0.3, -0.25) is 4.79 Å². The van der Waals surface area contributed by atoms with Gasteiger partial charge in [-0.15, -0.1) is 11.3 Å². The van der Waals surface area contributed by atoms with E-state index in [1.807, 2.05) is 36.6 Å². The molecule has 0 unspecified atom stereocenters. The first-order chi connectivity index (χ1) is 13.7. The number of thioether (sulfide) groups is 1. The Morgan fingerprint density at radius 1 is 1.29 bits per heavy atom. The number of para-hydroxylation sites is 1. The van der Waals surface area contributed by atoms with Crippen LogP contribution in [0.2, 0.25) is 0 Å². The second-order valence-corrected chi connectivity index (χ2v) is 8.36. The molecule has 1 fully saturated rings. The summed E-state index contributed by atoms with van der Waals surface area (Å²) in [5.74, 6) is 1.62. The molecule has 3 aromatic rings. The lowest BCUT2D eigenvalue weighted by Crippen LogP contribution is -2.22. The zero-order valence-electron chi connectivity index (χ0n) is 15.9. The summed E-state index contributed by atoms with van der Waals surface area (Å²) in [6, 6.07) is 9.62. The topological polar surface area (TPSA) is 67.3 Å². The lowest BCUT2D eigenvalue weighted by molar-refractivity contribution is 0.0955. The fourth-order valence-corrected chi connectivity index (χ4v) is 4.73. The molecule has 6 nitrogen and oxygen atoms in total. The van der Waals surface area contributed by atoms with Crippen molar-refractivity contribution in [1.82, 2.24) is 15.3 Å². The van der Waals surface area contributed by atoms with Gasteiger partial charge >= 0.3 is 0 Å². The summed E-state index contributed by atoms with van der Waals surface area (Å²) in [7, 11) is 1.63. The number of ether oxygens (including phenoxy) is 1. The van der Waals surface area contributed by atoms with Crippen molar-refractivity contribution < 1.29 is 9.53 Å². The Labute approximate surface area is 172 Å². The van der Waals surface area contributed by atoms with Crippen molar-refractivity contribution in [3.05, 3.63) is 40.8 Å². The Balaban J connectivity index is 1.60. The fourth-order valence-electron chi connectivity index (χ4n) is 3.37. The van der Waals surface area contributed by atoms with Crippen molar-refractivity contribution in [3.63, 3.8) is 0 Å². The summed E-state index contributed by atoms with van der Waals surface area (Å²) >= 11 is 2.95. The third-order valence-electron chi connectivity index (χ3n) is 4.80. The lowest BCUT2D eigenvalue weighted by Gasteiger charge is -2.17. The maximum Gasteiger partial charge on any atom is 0.261 e. The maximum absolute atomic E-state index is 12.8. The van der Waals surface area contributed by atoms with E-state index in [1.54, 1.807) is 7.11 Å². The predicted octanol–water partition coefficient (Wildman–Crippen LogP) is 3.95. The number of nitrogens with zero attached hydrogens (tertiary/aromatic N) is 3. The molecular weight excluding hydrogens is 392 g/mol. The van der Waals surface area contributed by atoms with Crippen molar-refractivity contribution in [2.24, 2.45) is 0 Å². The van der Waals surface area contributed by atoms with E-state index >= 15 is 0 Å². The molecule has 1 aromatic carbocycles. The lowest BCUT2D eigenvalue weighted by atomic mass is 10.2. The highest BCUT2D eigenvalue weighted by Gasteiger charge is 2.21. The van der Waals surface area contributed by atoms with Gasteiger partial charge in [0.2, 0.25) is 0 Å². The van der Waals surface area contributed by atoms with Gasteiger partial charge in [0.05, 0.1) is 17.4 Å². The molecular formula is C20H22N4O2S2. The van der Waals surface area contributed by atoms with Crippen LogP contribution < -0.4 is 15.0 Å². The monoisotopic (exact) mass is 414 g/mol. The van der Waals surface area contributed by atoms with Crippen molar-refractivity contribution in [3.8, 4) is 5.75 Å². The fraction of sp³-hybridized carbons (Fsp3) is 0.350. The molecule has 2 aromatic heterocycles. The van der Waals surface area contributed by atoms with Gasteiger partial charge in [-0.25, -0.2) is 9.97 Å². The molecule has 146 valence electrons. The average molecular weight is 415 g/mol. The summed E-state index contributed by atoms with van der Waals surface area (Å²) < 4.78 is 5.35. The van der Waals surface area contributed by atoms with E-state index in [2.05, 4.69) is 15.2 Å². The van der Waals surface area contributed by atoms with E-state index in [0.29, 0.717) is 11.4 Å². The second kappa shape index (κ2) is 8.36. The Hall–Kier alpha value is -2.32. The minimum absolute atomic E-state index is 0.105. The first-order valence-corrected chi connectivity index (χ1v) is 11.2. The minimum Gasteiger partial charge on any atom is -0.496 e. The van der Waals surface area contributed by atoms with Gasteiger partial charge in [0.1, 0.15) is 16.4 Å². The Kier molecular flexibility index (Phi) is 5.68. The van der Waals surface area contributed by atoms with Crippen LogP contribution in [0, 0.1) is 0 Å². The number of hydrogen-bond acceptors (Lipinski definition) is 7. The van der Waals surface area contributed by atoms with Gasteiger partial charge in [0.15, 0.2) is 5.16 Å². The van der Waals surface area contributed by atoms with Crippen LogP contribution in [-0.4, -0.2) is 42.3 Å². The quantitative estimate of drug-likeness (QED) is 0.487. The van der Waals surface area contributed by atoms with Crippen LogP contribution in [-0.2, 0) is 6.54 Å². The molecule has 1 aliphatic heterocycles. The predicted molar refractivity (Wildman–Crippen MR) is 115 cm³/mol. The van der Waals surface area contributed by atoms with E-state index in [-0.39, 0.29) is 5.91 Å². The molecule has 3 heterocycles. The highest BCUT2D eigenvalue weighted by Crippen LogP contribution is 2.34. The average Bonchev–Trinajstić information content (AvgIpc) is 3.41. The molecule has 1 N–H and O–H groups in total. The minimum atomic E-state index is -0.105. The number of carbonyl (C=O) groups excluding carboxylic acids is 1. The number of nitrogens with one attached hydrogen (secondary N) is 1. The van der Waals surface area contributed by atoms with Crippen LogP contribution in [0.3, 0.4) is 0 Å². The van der Waals surface area contributed by atoms with Gasteiger partial charge in [-0.05, 0) is 31.2 Å². The summed E-state index contributed by atoms with van der Waals surface area (Å²) in [5.41, 5.74) is 0.946. The van der Waals surface area contributed by atoms with Gasteiger partial charge in [-0.2, -0.15) is 0 Å². The third-order valence-corrected chi connectivity index (χ3v) is 6.37. The molecule has 28 heavy (non-hydrogen) atoms. The third kappa shape index (κ3) is 3.79. The van der Waals surface area contributed by atoms with E-state index in [9.17, 15) is 4.79 Å². The van der Waals surface area contributed by atoms with Crippen LogP contribution in [0.4, 0.5) is 5.82 Å². The van der Waals surface area contributed by atoms with Gasteiger partial charge in [-0.1, -0.05) is 30.0 Å². The summed E-state index contributed by atoms with van der Waals surface area (Å²) in [6.07, 6.45) is 4.33. The molecule has 1 amide bonds. The molecule has 0 radical (unpaired) electrons. The summed E-state index contributed by atoms with van der Waals surface area (Å²) in [6.45, 7) is 2.42. The summed E-state index contributed by atoms with van der Waals surface area (Å²) in [4.78, 5) is 25.9. The molecule has 0 saturated carbocycles. The number of aromatic nitrogens is 2. The number of amides is 1. The van der Waals surface area contributed by atoms with Crippen molar-refractivity contribution in [1.29, 1.82) is 0 Å². The van der Waals surface area contributed by atoms with Crippen molar-refractivity contribution in [2.45, 2.75) is 24.5 Å². The molecule has 1 aliphatic rings. The standard InChI is InChI=1S/C20H22N4O2S2/c1-26-15-8-4-3-7-13(15)12-21-18(25)16-11-14-17(24-9-5-6-10-24)22-20(27-2)23-19(14)28-16/h3-4,7-8,11H,5-6,9-10,12H2,1-2H3,(H,21,25). The normalized spacial score (nSPS) is 13.9. The Bertz CT molecular complexity index is 999. The molecule has 8 heteroatoms. The number of rotatable bonds is 6. The Morgan fingerprint density at radius 2 is 2.07 bits per heavy atom. The Morgan fingerprint density at radius 3 is 2.82 bits per heavy atom. The molecule has 1 saturated heterocycles. The van der Waals surface area contributed by atoms with Crippen molar-refractivity contribution >= 4 is 45.0 Å². The number of carbonyl (C=O) groups is 1. The summed E-state index contributed by atoms with van der Waals surface area (Å²) in [5, 5.41) is 4.71. The SMILES string of the molecule is COc1ccccc1CNC(=O)c1cc2c(N3CCCC3)nc(SC)nc2s1. The van der Waals surface area contributed by atoms with Gasteiger partial charge in [0, 0.05) is 25.2 Å². The number of methoxy groups -OCH3 is 1. The number of thiophene rings is 1. The van der Waals surface area contributed by atoms with Crippen LogP contribution in [0.25, 0.3) is 10.2 Å². The zero-order chi connectivity index (χ0) is 19.5. The van der Waals surface area contributed by atoms with E-state index in [0.717, 1.165) is 45.6 Å². The molecule has 4 rings (SSSR count). The van der Waals surface area contributed by atoms with Crippen LogP contribution in [0.5, 0.6) is 5.75 Å². The smallest absolute Gasteiger partial charge is 0.261 e. The largest absolute Gasteiger partial charge is 0.496 e. The number of fused-ring (bicyclic) bond motifs is 1. The van der Waals surface area contributed by atoms with E-state index in [1.165, 1.54) is 35.9 Å². The molecule has 0 bridgehead atoms. The zero-order valence-corrected chi connectivity index (χ0v) is 17.5. The highest BCUT2D eigenvalue weighted by atomic mass is 32.2.